The molecule has 4 heteroatoms. The van der Waals surface area contributed by atoms with Gasteiger partial charge in [0.15, 0.2) is 0 Å². The SMILES string of the molecule is FC[C@@H]1CCc2nn(-c3ccccc3)c[n+]21. The molecule has 1 atom stereocenters. The number of halogens is 1. The Morgan fingerprint density at radius 3 is 2.94 bits per heavy atom. The minimum absolute atomic E-state index is 0.0209. The Morgan fingerprint density at radius 1 is 1.38 bits per heavy atom. The number of hydrogen-bond acceptors (Lipinski definition) is 1. The van der Waals surface area contributed by atoms with Crippen molar-refractivity contribution < 1.29 is 8.96 Å². The highest BCUT2D eigenvalue weighted by Gasteiger charge is 2.31. The third-order valence-corrected chi connectivity index (χ3v) is 3.05. The second kappa shape index (κ2) is 3.70. The molecule has 16 heavy (non-hydrogen) atoms. The van der Waals surface area contributed by atoms with Gasteiger partial charge in [0.2, 0.25) is 6.33 Å². The number of fused-ring (bicyclic) bond motifs is 1. The highest BCUT2D eigenvalue weighted by atomic mass is 19.1. The summed E-state index contributed by atoms with van der Waals surface area (Å²) in [6.07, 6.45) is 3.63. The number of aromatic nitrogens is 3. The molecular formula is C12H13FN3+. The monoisotopic (exact) mass is 218 g/mol. The quantitative estimate of drug-likeness (QED) is 0.702. The van der Waals surface area contributed by atoms with E-state index in [1.54, 1.807) is 0 Å². The molecular weight excluding hydrogens is 205 g/mol. The summed E-state index contributed by atoms with van der Waals surface area (Å²) in [5.41, 5.74) is 1.02. The Morgan fingerprint density at radius 2 is 2.19 bits per heavy atom. The van der Waals surface area contributed by atoms with Crippen molar-refractivity contribution in [3.8, 4) is 5.69 Å². The Bertz CT molecular complexity index is 492. The first kappa shape index (κ1) is 9.51. The summed E-state index contributed by atoms with van der Waals surface area (Å²) < 4.78 is 16.5. The zero-order valence-corrected chi connectivity index (χ0v) is 8.88. The minimum Gasteiger partial charge on any atom is -0.247 e. The van der Waals surface area contributed by atoms with Crippen molar-refractivity contribution in [3.63, 3.8) is 0 Å². The van der Waals surface area contributed by atoms with E-state index in [1.807, 2.05) is 45.9 Å². The van der Waals surface area contributed by atoms with Gasteiger partial charge in [-0.05, 0) is 18.6 Å². The molecule has 3 nitrogen and oxygen atoms in total. The molecule has 2 heterocycles. The van der Waals surface area contributed by atoms with Crippen LogP contribution >= 0.6 is 0 Å². The first-order valence-electron chi connectivity index (χ1n) is 5.49. The van der Waals surface area contributed by atoms with Gasteiger partial charge in [-0.3, -0.25) is 0 Å². The molecule has 3 rings (SSSR count). The van der Waals surface area contributed by atoms with Crippen LogP contribution in [0.3, 0.4) is 0 Å². The number of nitrogens with zero attached hydrogens (tertiary/aromatic N) is 3. The minimum atomic E-state index is -0.307. The van der Waals surface area contributed by atoms with Crippen LogP contribution in [0, 0.1) is 0 Å². The first-order valence-corrected chi connectivity index (χ1v) is 5.49. The van der Waals surface area contributed by atoms with E-state index in [0.717, 1.165) is 24.4 Å². The second-order valence-corrected chi connectivity index (χ2v) is 4.07. The number of para-hydroxylation sites is 1. The fourth-order valence-electron chi connectivity index (χ4n) is 2.16. The molecule has 1 aliphatic heterocycles. The molecule has 0 aliphatic carbocycles. The van der Waals surface area contributed by atoms with E-state index >= 15 is 0 Å². The standard InChI is InChI=1S/C12H13FN3/c13-8-11-6-7-12-14-16(9-15(11)12)10-4-2-1-3-5-10/h1-5,9,11H,6-8H2/q+1/t11-/m0/s1. The molecule has 1 aromatic heterocycles. The highest BCUT2D eigenvalue weighted by Crippen LogP contribution is 2.17. The fourth-order valence-corrected chi connectivity index (χ4v) is 2.16. The average Bonchev–Trinajstić information content (AvgIpc) is 2.89. The summed E-state index contributed by atoms with van der Waals surface area (Å²) in [7, 11) is 0. The van der Waals surface area contributed by atoms with Crippen LogP contribution < -0.4 is 4.57 Å². The van der Waals surface area contributed by atoms with E-state index in [9.17, 15) is 4.39 Å². The largest absolute Gasteiger partial charge is 0.278 e. The van der Waals surface area contributed by atoms with Crippen LogP contribution in [0.2, 0.25) is 0 Å². The number of hydrogen-bond donors (Lipinski definition) is 0. The molecule has 0 amide bonds. The molecule has 0 spiro atoms. The zero-order valence-electron chi connectivity index (χ0n) is 8.88. The van der Waals surface area contributed by atoms with E-state index in [2.05, 4.69) is 5.10 Å². The van der Waals surface area contributed by atoms with Crippen molar-refractivity contribution in [2.75, 3.05) is 6.67 Å². The maximum absolute atomic E-state index is 12.7. The van der Waals surface area contributed by atoms with E-state index in [0.29, 0.717) is 0 Å². The van der Waals surface area contributed by atoms with Crippen LogP contribution in [0.25, 0.3) is 5.69 Å². The van der Waals surface area contributed by atoms with E-state index in [4.69, 9.17) is 0 Å². The summed E-state index contributed by atoms with van der Waals surface area (Å²) in [4.78, 5) is 0. The van der Waals surface area contributed by atoms with Crippen molar-refractivity contribution >= 4 is 0 Å². The lowest BCUT2D eigenvalue weighted by atomic mass is 10.2. The van der Waals surface area contributed by atoms with Gasteiger partial charge < -0.3 is 0 Å². The molecule has 0 saturated heterocycles. The van der Waals surface area contributed by atoms with Crippen molar-refractivity contribution in [2.24, 2.45) is 0 Å². The lowest BCUT2D eigenvalue weighted by molar-refractivity contribution is -0.717. The van der Waals surface area contributed by atoms with Crippen LogP contribution in [0.5, 0.6) is 0 Å². The van der Waals surface area contributed by atoms with Gasteiger partial charge in [-0.2, -0.15) is 0 Å². The summed E-state index contributed by atoms with van der Waals surface area (Å²) >= 11 is 0. The lowest BCUT2D eigenvalue weighted by Gasteiger charge is -2.00. The number of benzene rings is 1. The van der Waals surface area contributed by atoms with Crippen molar-refractivity contribution in [2.45, 2.75) is 18.9 Å². The number of alkyl halides is 1. The fraction of sp³-hybridized carbons (Fsp3) is 0.333. The van der Waals surface area contributed by atoms with Gasteiger partial charge in [0.25, 0.3) is 5.82 Å². The Balaban J connectivity index is 2.00. The first-order chi connectivity index (χ1) is 7.88. The van der Waals surface area contributed by atoms with Crippen LogP contribution in [0.15, 0.2) is 36.7 Å². The topological polar surface area (TPSA) is 21.7 Å². The van der Waals surface area contributed by atoms with E-state index in [-0.39, 0.29) is 12.7 Å². The van der Waals surface area contributed by atoms with E-state index < -0.39 is 0 Å². The van der Waals surface area contributed by atoms with Gasteiger partial charge in [-0.1, -0.05) is 22.9 Å². The molecule has 82 valence electrons. The predicted octanol–water partition coefficient (Wildman–Crippen LogP) is 1.62. The highest BCUT2D eigenvalue weighted by molar-refractivity contribution is 5.28. The predicted molar refractivity (Wildman–Crippen MR) is 57.1 cm³/mol. The zero-order chi connectivity index (χ0) is 11.0. The number of rotatable bonds is 2. The number of aryl methyl sites for hydroxylation is 1. The molecule has 0 saturated carbocycles. The molecule has 0 radical (unpaired) electrons. The smallest absolute Gasteiger partial charge is 0.247 e. The molecule has 0 N–H and O–H groups in total. The molecule has 1 aliphatic rings. The summed E-state index contributed by atoms with van der Waals surface area (Å²) in [6, 6.07) is 9.88. The van der Waals surface area contributed by atoms with Gasteiger partial charge in [-0.15, -0.1) is 0 Å². The van der Waals surface area contributed by atoms with Gasteiger partial charge in [0.1, 0.15) is 18.4 Å². The second-order valence-electron chi connectivity index (χ2n) is 4.07. The van der Waals surface area contributed by atoms with Crippen molar-refractivity contribution in [1.29, 1.82) is 0 Å². The molecule has 0 bridgehead atoms. The van der Waals surface area contributed by atoms with Crippen LogP contribution in [0.4, 0.5) is 4.39 Å². The van der Waals surface area contributed by atoms with E-state index in [1.165, 1.54) is 0 Å². The molecule has 1 aromatic carbocycles. The summed E-state index contributed by atoms with van der Waals surface area (Å²) in [5.74, 6) is 0.978. The van der Waals surface area contributed by atoms with Crippen LogP contribution in [0.1, 0.15) is 18.3 Å². The van der Waals surface area contributed by atoms with Crippen molar-refractivity contribution in [1.82, 2.24) is 9.78 Å². The normalized spacial score (nSPS) is 18.7. The van der Waals surface area contributed by atoms with Gasteiger partial charge in [0.05, 0.1) is 0 Å². The maximum atomic E-state index is 12.7. The summed E-state index contributed by atoms with van der Waals surface area (Å²) in [5, 5.41) is 4.47. The Labute approximate surface area is 93.1 Å². The third-order valence-electron chi connectivity index (χ3n) is 3.05. The van der Waals surface area contributed by atoms with Gasteiger partial charge >= 0.3 is 0 Å². The maximum Gasteiger partial charge on any atom is 0.278 e. The summed E-state index contributed by atoms with van der Waals surface area (Å²) in [6.45, 7) is -0.307. The Kier molecular flexibility index (Phi) is 2.20. The average molecular weight is 218 g/mol. The lowest BCUT2D eigenvalue weighted by Crippen LogP contribution is -2.37. The van der Waals surface area contributed by atoms with Gasteiger partial charge in [-0.25, -0.2) is 8.96 Å². The third kappa shape index (κ3) is 1.41. The van der Waals surface area contributed by atoms with Crippen molar-refractivity contribution in [3.05, 3.63) is 42.5 Å². The van der Waals surface area contributed by atoms with Gasteiger partial charge in [0, 0.05) is 11.5 Å². The molecule has 0 fully saturated rings. The molecule has 2 aromatic rings. The van der Waals surface area contributed by atoms with Crippen LogP contribution in [-0.2, 0) is 6.42 Å². The molecule has 0 unspecified atom stereocenters. The van der Waals surface area contributed by atoms with Crippen LogP contribution in [-0.4, -0.2) is 16.5 Å². The Hall–Kier alpha value is -1.71.